The number of nitrogens with zero attached hydrogens (tertiary/aromatic N) is 1. The summed E-state index contributed by atoms with van der Waals surface area (Å²) in [5.41, 5.74) is 0.668. The Morgan fingerprint density at radius 2 is 2.10 bits per heavy atom. The number of halogens is 1. The van der Waals surface area contributed by atoms with Gasteiger partial charge in [0.05, 0.1) is 7.11 Å². The average Bonchev–Trinajstić information content (AvgIpc) is 2.48. The number of nitrogens with one attached hydrogen (secondary N) is 1. The molecule has 21 heavy (non-hydrogen) atoms. The Morgan fingerprint density at radius 3 is 2.62 bits per heavy atom. The summed E-state index contributed by atoms with van der Waals surface area (Å²) in [5.74, 6) is -0.256. The SMILES string of the molecule is CCN(CC)CCNC(C(=O)O)c1cc(OC)ccc1Br. The predicted molar refractivity (Wildman–Crippen MR) is 86.9 cm³/mol. The second kappa shape index (κ2) is 9.02. The molecule has 1 aromatic rings. The van der Waals surface area contributed by atoms with Crippen LogP contribution in [-0.4, -0.2) is 49.3 Å². The molecule has 0 fully saturated rings. The lowest BCUT2D eigenvalue weighted by molar-refractivity contribution is -0.139. The highest BCUT2D eigenvalue weighted by Crippen LogP contribution is 2.28. The van der Waals surface area contributed by atoms with Crippen LogP contribution in [0.5, 0.6) is 5.75 Å². The fourth-order valence-electron chi connectivity index (χ4n) is 2.11. The molecule has 6 heteroatoms. The number of hydrogen-bond donors (Lipinski definition) is 2. The molecule has 2 N–H and O–H groups in total. The lowest BCUT2D eigenvalue weighted by Crippen LogP contribution is -2.36. The fraction of sp³-hybridized carbons (Fsp3) is 0.533. The maximum absolute atomic E-state index is 11.5. The number of aliphatic carboxylic acids is 1. The van der Waals surface area contributed by atoms with Crippen molar-refractivity contribution in [1.29, 1.82) is 0 Å². The van der Waals surface area contributed by atoms with E-state index in [-0.39, 0.29) is 0 Å². The van der Waals surface area contributed by atoms with Crippen molar-refractivity contribution in [2.24, 2.45) is 0 Å². The number of carboxylic acids is 1. The van der Waals surface area contributed by atoms with Crippen LogP contribution in [0.25, 0.3) is 0 Å². The van der Waals surface area contributed by atoms with Crippen LogP contribution < -0.4 is 10.1 Å². The number of ether oxygens (including phenoxy) is 1. The van der Waals surface area contributed by atoms with Crippen LogP contribution in [0.3, 0.4) is 0 Å². The molecule has 0 aliphatic heterocycles. The molecule has 1 unspecified atom stereocenters. The Bertz CT molecular complexity index is 464. The van der Waals surface area contributed by atoms with Crippen LogP contribution in [0.15, 0.2) is 22.7 Å². The average molecular weight is 359 g/mol. The van der Waals surface area contributed by atoms with Gasteiger partial charge in [0, 0.05) is 17.6 Å². The first-order valence-corrected chi connectivity index (χ1v) is 7.84. The first kappa shape index (κ1) is 17.9. The van der Waals surface area contributed by atoms with Gasteiger partial charge < -0.3 is 14.7 Å². The van der Waals surface area contributed by atoms with E-state index in [1.54, 1.807) is 25.3 Å². The van der Waals surface area contributed by atoms with Crippen LogP contribution in [0.1, 0.15) is 25.5 Å². The number of rotatable bonds is 9. The maximum Gasteiger partial charge on any atom is 0.325 e. The van der Waals surface area contributed by atoms with Crippen molar-refractivity contribution in [2.45, 2.75) is 19.9 Å². The van der Waals surface area contributed by atoms with E-state index in [1.807, 2.05) is 0 Å². The Morgan fingerprint density at radius 1 is 1.43 bits per heavy atom. The summed E-state index contributed by atoms with van der Waals surface area (Å²) in [7, 11) is 1.57. The van der Waals surface area contributed by atoms with Gasteiger partial charge in [-0.2, -0.15) is 0 Å². The number of benzene rings is 1. The maximum atomic E-state index is 11.5. The molecule has 118 valence electrons. The Balaban J connectivity index is 2.80. The van der Waals surface area contributed by atoms with Crippen molar-refractivity contribution in [3.63, 3.8) is 0 Å². The number of carbonyl (C=O) groups is 1. The summed E-state index contributed by atoms with van der Waals surface area (Å²) in [5, 5.41) is 12.6. The van der Waals surface area contributed by atoms with Gasteiger partial charge in [0.15, 0.2) is 0 Å². The van der Waals surface area contributed by atoms with Crippen molar-refractivity contribution >= 4 is 21.9 Å². The highest BCUT2D eigenvalue weighted by atomic mass is 79.9. The first-order valence-electron chi connectivity index (χ1n) is 7.05. The van der Waals surface area contributed by atoms with Gasteiger partial charge in [-0.05, 0) is 36.9 Å². The monoisotopic (exact) mass is 358 g/mol. The summed E-state index contributed by atoms with van der Waals surface area (Å²) in [6.45, 7) is 7.53. The number of carboxylic acid groups (broad SMARTS) is 1. The fourth-order valence-corrected chi connectivity index (χ4v) is 2.58. The van der Waals surface area contributed by atoms with Gasteiger partial charge in [0.2, 0.25) is 0 Å². The van der Waals surface area contributed by atoms with Gasteiger partial charge >= 0.3 is 5.97 Å². The van der Waals surface area contributed by atoms with Crippen molar-refractivity contribution in [3.8, 4) is 5.75 Å². The molecule has 0 bridgehead atoms. The standard InChI is InChI=1S/C15H23BrN2O3/c1-4-18(5-2)9-8-17-14(15(19)20)12-10-11(21-3)6-7-13(12)16/h6-7,10,14,17H,4-5,8-9H2,1-3H3,(H,19,20). The lowest BCUT2D eigenvalue weighted by Gasteiger charge is -2.21. The zero-order valence-corrected chi connectivity index (χ0v) is 14.3. The number of likely N-dealkylation sites (N-methyl/N-ethyl adjacent to an activating group) is 1. The van der Waals surface area contributed by atoms with Gasteiger partial charge in [0.25, 0.3) is 0 Å². The van der Waals surface area contributed by atoms with E-state index in [9.17, 15) is 9.90 Å². The third-order valence-corrected chi connectivity index (χ3v) is 4.15. The van der Waals surface area contributed by atoms with E-state index in [0.717, 1.165) is 24.1 Å². The minimum absolute atomic E-state index is 0.613. The molecule has 0 saturated heterocycles. The highest BCUT2D eigenvalue weighted by Gasteiger charge is 2.22. The highest BCUT2D eigenvalue weighted by molar-refractivity contribution is 9.10. The third-order valence-electron chi connectivity index (χ3n) is 3.43. The number of hydrogen-bond acceptors (Lipinski definition) is 4. The van der Waals surface area contributed by atoms with E-state index in [4.69, 9.17) is 4.74 Å². The number of methoxy groups -OCH3 is 1. The van der Waals surface area contributed by atoms with Crippen LogP contribution >= 0.6 is 15.9 Å². The molecule has 0 aliphatic carbocycles. The molecule has 0 aliphatic rings. The Hall–Kier alpha value is -1.11. The van der Waals surface area contributed by atoms with Crippen LogP contribution in [0.2, 0.25) is 0 Å². The molecule has 5 nitrogen and oxygen atoms in total. The van der Waals surface area contributed by atoms with Gasteiger partial charge in [0.1, 0.15) is 11.8 Å². The quantitative estimate of drug-likeness (QED) is 0.710. The normalized spacial score (nSPS) is 12.4. The Kier molecular flexibility index (Phi) is 7.71. The minimum atomic E-state index is -0.900. The first-order chi connectivity index (χ1) is 10.0. The van der Waals surface area contributed by atoms with E-state index >= 15 is 0 Å². The predicted octanol–water partition coefficient (Wildman–Crippen LogP) is 2.51. The lowest BCUT2D eigenvalue weighted by atomic mass is 10.1. The van der Waals surface area contributed by atoms with Crippen molar-refractivity contribution in [2.75, 3.05) is 33.3 Å². The second-order valence-electron chi connectivity index (χ2n) is 4.64. The van der Waals surface area contributed by atoms with Gasteiger partial charge in [-0.3, -0.25) is 10.1 Å². The summed E-state index contributed by atoms with van der Waals surface area (Å²) in [6, 6.07) is 4.58. The van der Waals surface area contributed by atoms with E-state index < -0.39 is 12.0 Å². The molecule has 0 saturated carbocycles. The van der Waals surface area contributed by atoms with Gasteiger partial charge in [-0.1, -0.05) is 29.8 Å². The van der Waals surface area contributed by atoms with Gasteiger partial charge in [-0.25, -0.2) is 0 Å². The summed E-state index contributed by atoms with van der Waals surface area (Å²) in [6.07, 6.45) is 0. The topological polar surface area (TPSA) is 61.8 Å². The third kappa shape index (κ3) is 5.30. The second-order valence-corrected chi connectivity index (χ2v) is 5.49. The van der Waals surface area contributed by atoms with E-state index in [0.29, 0.717) is 17.9 Å². The summed E-state index contributed by atoms with van der Waals surface area (Å²) in [4.78, 5) is 13.8. The molecule has 0 heterocycles. The minimum Gasteiger partial charge on any atom is -0.497 e. The zero-order valence-electron chi connectivity index (χ0n) is 12.7. The molecule has 0 aromatic heterocycles. The zero-order chi connectivity index (χ0) is 15.8. The van der Waals surface area contributed by atoms with Crippen LogP contribution in [-0.2, 0) is 4.79 Å². The molecular weight excluding hydrogens is 336 g/mol. The molecular formula is C15H23BrN2O3. The summed E-state index contributed by atoms with van der Waals surface area (Å²) < 4.78 is 5.92. The van der Waals surface area contributed by atoms with E-state index in [1.165, 1.54) is 0 Å². The van der Waals surface area contributed by atoms with E-state index in [2.05, 4.69) is 40.0 Å². The molecule has 1 atom stereocenters. The largest absolute Gasteiger partial charge is 0.497 e. The molecule has 1 rings (SSSR count). The molecule has 0 spiro atoms. The summed E-state index contributed by atoms with van der Waals surface area (Å²) >= 11 is 3.41. The van der Waals surface area contributed by atoms with Crippen molar-refractivity contribution < 1.29 is 14.6 Å². The van der Waals surface area contributed by atoms with Crippen molar-refractivity contribution in [1.82, 2.24) is 10.2 Å². The molecule has 0 amide bonds. The Labute approximate surface area is 134 Å². The van der Waals surface area contributed by atoms with Crippen LogP contribution in [0.4, 0.5) is 0 Å². The molecule has 0 radical (unpaired) electrons. The van der Waals surface area contributed by atoms with Gasteiger partial charge in [-0.15, -0.1) is 0 Å². The van der Waals surface area contributed by atoms with Crippen LogP contribution in [0, 0.1) is 0 Å². The molecule has 1 aromatic carbocycles. The smallest absolute Gasteiger partial charge is 0.325 e. The van der Waals surface area contributed by atoms with Crippen molar-refractivity contribution in [3.05, 3.63) is 28.2 Å².